The molecule has 1 aliphatic heterocycles. The minimum absolute atomic E-state index is 0.499. The van der Waals surface area contributed by atoms with Crippen molar-refractivity contribution in [1.29, 1.82) is 0 Å². The molecule has 0 saturated carbocycles. The Hall–Kier alpha value is -0.780. The lowest BCUT2D eigenvalue weighted by molar-refractivity contribution is 0.140. The maximum atomic E-state index is 5.72. The molecule has 0 radical (unpaired) electrons. The van der Waals surface area contributed by atoms with Crippen LogP contribution in [0, 0.1) is 0 Å². The first-order valence-electron chi connectivity index (χ1n) is 5.69. The Balaban J connectivity index is 2.42. The van der Waals surface area contributed by atoms with E-state index in [-0.39, 0.29) is 0 Å². The third-order valence-electron chi connectivity index (χ3n) is 2.80. The fraction of sp³-hybridized carbons (Fsp3) is 0.500. The smallest absolute Gasteiger partial charge is 0.175 e. The van der Waals surface area contributed by atoms with Gasteiger partial charge in [0.25, 0.3) is 0 Å². The first-order chi connectivity index (χ1) is 8.27. The normalized spacial score (nSPS) is 13.8. The molecule has 0 bridgehead atoms. The van der Waals surface area contributed by atoms with Crippen molar-refractivity contribution >= 4 is 15.9 Å². The third kappa shape index (κ3) is 2.56. The summed E-state index contributed by atoms with van der Waals surface area (Å²) < 4.78 is 12.3. The first kappa shape index (κ1) is 12.7. The van der Waals surface area contributed by atoms with Gasteiger partial charge in [-0.1, -0.05) is 6.92 Å². The topological polar surface area (TPSA) is 53.7 Å². The van der Waals surface area contributed by atoms with E-state index in [4.69, 9.17) is 15.4 Å². The van der Waals surface area contributed by atoms with E-state index in [9.17, 15) is 0 Å². The number of benzene rings is 1. The molecule has 17 heavy (non-hydrogen) atoms. The Bertz CT molecular complexity index is 409. The lowest BCUT2D eigenvalue weighted by atomic mass is 10.0. The number of nitrogens with two attached hydrogens (primary N) is 1. The lowest BCUT2D eigenvalue weighted by Gasteiger charge is -2.24. The minimum Gasteiger partial charge on any atom is -0.486 e. The maximum absolute atomic E-state index is 5.72. The predicted octanol–water partition coefficient (Wildman–Crippen LogP) is 2.22. The quantitative estimate of drug-likeness (QED) is 0.867. The monoisotopic (exact) mass is 301 g/mol. The van der Waals surface area contributed by atoms with E-state index in [2.05, 4.69) is 33.8 Å². The van der Waals surface area contributed by atoms with Crippen LogP contribution in [0.5, 0.6) is 11.5 Å². The summed E-state index contributed by atoms with van der Waals surface area (Å²) in [5.74, 6) is 6.75. The summed E-state index contributed by atoms with van der Waals surface area (Å²) in [6, 6.07) is 2.06. The van der Waals surface area contributed by atoms with Crippen LogP contribution < -0.4 is 15.4 Å². The fourth-order valence-electron chi connectivity index (χ4n) is 2.05. The molecule has 0 aromatic heterocycles. The van der Waals surface area contributed by atoms with Crippen LogP contribution in [0.4, 0.5) is 0 Å². The average molecular weight is 302 g/mol. The summed E-state index contributed by atoms with van der Waals surface area (Å²) in [5.41, 5.74) is 2.37. The molecule has 1 aliphatic rings. The van der Waals surface area contributed by atoms with Gasteiger partial charge in [-0.2, -0.15) is 0 Å². The van der Waals surface area contributed by atoms with Crippen molar-refractivity contribution in [2.45, 2.75) is 19.8 Å². The van der Waals surface area contributed by atoms with Gasteiger partial charge in [-0.15, -0.1) is 0 Å². The summed E-state index contributed by atoms with van der Waals surface area (Å²) in [6.07, 6.45) is 1.67. The second-order valence-electron chi connectivity index (χ2n) is 3.83. The zero-order valence-corrected chi connectivity index (χ0v) is 11.4. The van der Waals surface area contributed by atoms with E-state index in [0.29, 0.717) is 19.8 Å². The van der Waals surface area contributed by atoms with Crippen LogP contribution in [0.2, 0.25) is 0 Å². The van der Waals surface area contributed by atoms with E-state index in [0.717, 1.165) is 28.8 Å². The average Bonchev–Trinajstić information content (AvgIpc) is 2.36. The maximum Gasteiger partial charge on any atom is 0.175 e. The van der Waals surface area contributed by atoms with Crippen molar-refractivity contribution in [1.82, 2.24) is 0 Å². The van der Waals surface area contributed by atoms with Crippen molar-refractivity contribution in [3.8, 4) is 11.5 Å². The Kier molecular flexibility index (Phi) is 4.25. The molecule has 5 heteroatoms. The number of rotatable bonds is 4. The summed E-state index contributed by atoms with van der Waals surface area (Å²) in [5, 5.41) is 0. The molecular weight excluding hydrogens is 286 g/mol. The number of fused-ring (bicyclic) bond motifs is 1. The Morgan fingerprint density at radius 3 is 2.71 bits per heavy atom. The van der Waals surface area contributed by atoms with Crippen molar-refractivity contribution in [3.05, 3.63) is 21.7 Å². The van der Waals surface area contributed by atoms with E-state index in [1.165, 1.54) is 11.1 Å². The number of halogens is 1. The molecule has 0 saturated heterocycles. The van der Waals surface area contributed by atoms with Gasteiger partial charge in [-0.3, -0.25) is 0 Å². The van der Waals surface area contributed by atoms with Crippen LogP contribution >= 0.6 is 15.9 Å². The van der Waals surface area contributed by atoms with Crippen molar-refractivity contribution in [2.75, 3.05) is 19.8 Å². The van der Waals surface area contributed by atoms with Gasteiger partial charge < -0.3 is 14.3 Å². The molecule has 0 fully saturated rings. The molecule has 0 amide bonds. The molecule has 0 unspecified atom stereocenters. The SMILES string of the molecule is CCc1c(CCON)cc(Br)c2c1OCCO2. The van der Waals surface area contributed by atoms with Crippen LogP contribution in [0.3, 0.4) is 0 Å². The van der Waals surface area contributed by atoms with E-state index in [1.807, 2.05) is 0 Å². The lowest BCUT2D eigenvalue weighted by Crippen LogP contribution is -2.18. The molecule has 2 N–H and O–H groups in total. The standard InChI is InChI=1S/C12H16BrNO3/c1-2-9-8(3-4-17-14)7-10(13)12-11(9)15-5-6-16-12/h7H,2-6,14H2,1H3. The van der Waals surface area contributed by atoms with Gasteiger partial charge in [0.2, 0.25) is 0 Å². The molecule has 4 nitrogen and oxygen atoms in total. The number of hydrogen-bond donors (Lipinski definition) is 1. The molecule has 94 valence electrons. The van der Waals surface area contributed by atoms with Gasteiger partial charge in [-0.05, 0) is 40.4 Å². The first-order valence-corrected chi connectivity index (χ1v) is 6.48. The molecule has 1 aromatic carbocycles. The summed E-state index contributed by atoms with van der Waals surface area (Å²) >= 11 is 3.51. The van der Waals surface area contributed by atoms with Gasteiger partial charge in [0.1, 0.15) is 13.2 Å². The third-order valence-corrected chi connectivity index (χ3v) is 3.39. The zero-order chi connectivity index (χ0) is 12.3. The van der Waals surface area contributed by atoms with Crippen LogP contribution in [0.25, 0.3) is 0 Å². The highest BCUT2D eigenvalue weighted by Gasteiger charge is 2.21. The van der Waals surface area contributed by atoms with Crippen molar-refractivity contribution in [2.24, 2.45) is 5.90 Å². The van der Waals surface area contributed by atoms with Crippen molar-refractivity contribution in [3.63, 3.8) is 0 Å². The zero-order valence-electron chi connectivity index (χ0n) is 9.79. The fourth-order valence-corrected chi connectivity index (χ4v) is 2.62. The molecular formula is C12H16BrNO3. The highest BCUT2D eigenvalue weighted by atomic mass is 79.9. The van der Waals surface area contributed by atoms with Crippen molar-refractivity contribution < 1.29 is 14.3 Å². The second-order valence-corrected chi connectivity index (χ2v) is 4.68. The largest absolute Gasteiger partial charge is 0.486 e. The van der Waals surface area contributed by atoms with E-state index in [1.54, 1.807) is 0 Å². The van der Waals surface area contributed by atoms with Gasteiger partial charge in [0.05, 0.1) is 11.1 Å². The molecule has 0 aliphatic carbocycles. The Morgan fingerprint density at radius 2 is 2.06 bits per heavy atom. The van der Waals surface area contributed by atoms with Crippen LogP contribution in [0.1, 0.15) is 18.1 Å². The predicted molar refractivity (Wildman–Crippen MR) is 68.4 cm³/mol. The molecule has 2 rings (SSSR count). The molecule has 1 aromatic rings. The van der Waals surface area contributed by atoms with E-state index >= 15 is 0 Å². The Morgan fingerprint density at radius 1 is 1.35 bits per heavy atom. The molecule has 0 spiro atoms. The van der Waals surface area contributed by atoms with Gasteiger partial charge >= 0.3 is 0 Å². The second kappa shape index (κ2) is 5.71. The highest BCUT2D eigenvalue weighted by Crippen LogP contribution is 2.42. The van der Waals surface area contributed by atoms with E-state index < -0.39 is 0 Å². The highest BCUT2D eigenvalue weighted by molar-refractivity contribution is 9.10. The van der Waals surface area contributed by atoms with Crippen LogP contribution in [-0.4, -0.2) is 19.8 Å². The number of ether oxygens (including phenoxy) is 2. The summed E-state index contributed by atoms with van der Waals surface area (Å²) in [7, 11) is 0. The van der Waals surface area contributed by atoms with Crippen LogP contribution in [-0.2, 0) is 17.7 Å². The summed E-state index contributed by atoms with van der Waals surface area (Å²) in [4.78, 5) is 4.64. The number of hydrogen-bond acceptors (Lipinski definition) is 4. The molecule has 1 heterocycles. The van der Waals surface area contributed by atoms with Crippen LogP contribution in [0.15, 0.2) is 10.5 Å². The Labute approximate surface area is 109 Å². The van der Waals surface area contributed by atoms with Gasteiger partial charge in [0.15, 0.2) is 11.5 Å². The minimum atomic E-state index is 0.499. The molecule has 0 atom stereocenters. The van der Waals surface area contributed by atoms with Gasteiger partial charge in [-0.25, -0.2) is 5.90 Å². The van der Waals surface area contributed by atoms with Gasteiger partial charge in [0, 0.05) is 5.56 Å². The summed E-state index contributed by atoms with van der Waals surface area (Å²) in [6.45, 7) is 3.80.